The molecule has 2 atom stereocenters. The molecule has 1 aromatic heterocycles. The van der Waals surface area contributed by atoms with Gasteiger partial charge in [-0.1, -0.05) is 12.8 Å². The van der Waals surface area contributed by atoms with Gasteiger partial charge in [0.25, 0.3) is 0 Å². The van der Waals surface area contributed by atoms with E-state index in [2.05, 4.69) is 5.32 Å². The van der Waals surface area contributed by atoms with E-state index in [0.717, 1.165) is 0 Å². The van der Waals surface area contributed by atoms with E-state index in [1.807, 2.05) is 18.4 Å². The van der Waals surface area contributed by atoms with Crippen LogP contribution in [0.1, 0.15) is 60.5 Å². The molecule has 0 radical (unpaired) electrons. The number of aryl methyl sites for hydroxylation is 2. The van der Waals surface area contributed by atoms with Crippen molar-refractivity contribution in [1.82, 2.24) is 10.3 Å². The number of rotatable bonds is 4. The van der Waals surface area contributed by atoms with E-state index >= 15 is 0 Å². The number of thiazole rings is 1. The Morgan fingerprint density at radius 1 is 1.20 bits per heavy atom. The molecule has 2 unspecified atom stereocenters. The fourth-order valence-corrected chi connectivity index (χ4v) is 5.28. The average Bonchev–Trinajstić information content (AvgIpc) is 3.00. The van der Waals surface area contributed by atoms with E-state index in [0.29, 0.717) is 12.1 Å². The van der Waals surface area contributed by atoms with Crippen molar-refractivity contribution < 1.29 is 4.74 Å². The maximum atomic E-state index is 5.90. The van der Waals surface area contributed by atoms with Crippen molar-refractivity contribution in [2.75, 3.05) is 7.11 Å². The molecule has 1 N–H and O–H groups in total. The minimum Gasteiger partial charge on any atom is -0.379 e. The topological polar surface area (TPSA) is 34.1 Å². The van der Waals surface area contributed by atoms with E-state index in [1.165, 1.54) is 73.4 Å². The lowest BCUT2D eigenvalue weighted by molar-refractivity contribution is -0.0166. The van der Waals surface area contributed by atoms with Crippen molar-refractivity contribution >= 4 is 11.3 Å². The molecule has 20 heavy (non-hydrogen) atoms. The third kappa shape index (κ3) is 2.13. The fraction of sp³-hybridized carbons (Fsp3) is 0.812. The van der Waals surface area contributed by atoms with Crippen LogP contribution in [-0.4, -0.2) is 24.2 Å². The van der Waals surface area contributed by atoms with Gasteiger partial charge in [0.15, 0.2) is 0 Å². The van der Waals surface area contributed by atoms with Crippen LogP contribution < -0.4 is 5.32 Å². The Labute approximate surface area is 125 Å². The molecule has 0 amide bonds. The highest BCUT2D eigenvalue weighted by atomic mass is 32.1. The van der Waals surface area contributed by atoms with Crippen molar-refractivity contribution in [2.45, 2.75) is 75.5 Å². The maximum absolute atomic E-state index is 5.90. The molecule has 3 aliphatic rings. The highest BCUT2D eigenvalue weighted by molar-refractivity contribution is 7.12. The van der Waals surface area contributed by atoms with Crippen LogP contribution in [0.25, 0.3) is 0 Å². The number of fused-ring (bicyclic) bond motifs is 1. The van der Waals surface area contributed by atoms with E-state index in [-0.39, 0.29) is 5.54 Å². The van der Waals surface area contributed by atoms with Crippen molar-refractivity contribution in [3.8, 4) is 0 Å². The average molecular weight is 292 g/mol. The molecule has 0 aromatic carbocycles. The van der Waals surface area contributed by atoms with Gasteiger partial charge in [-0.3, -0.25) is 0 Å². The second kappa shape index (κ2) is 5.08. The molecule has 1 aromatic rings. The first-order valence-electron chi connectivity index (χ1n) is 8.11. The van der Waals surface area contributed by atoms with E-state index < -0.39 is 0 Å². The zero-order chi connectivity index (χ0) is 13.6. The van der Waals surface area contributed by atoms with E-state index in [9.17, 15) is 0 Å². The minimum absolute atomic E-state index is 0.00315. The van der Waals surface area contributed by atoms with Crippen molar-refractivity contribution in [2.24, 2.45) is 0 Å². The molecule has 2 saturated carbocycles. The zero-order valence-corrected chi connectivity index (χ0v) is 13.1. The minimum atomic E-state index is 0.00315. The van der Waals surface area contributed by atoms with Gasteiger partial charge in [-0.15, -0.1) is 11.3 Å². The summed E-state index contributed by atoms with van der Waals surface area (Å²) in [6.45, 7) is 0. The maximum Gasteiger partial charge on any atom is 0.116 e. The molecule has 1 heterocycles. The van der Waals surface area contributed by atoms with Crippen LogP contribution in [0.3, 0.4) is 0 Å². The number of ether oxygens (including phenoxy) is 1. The third-order valence-electron chi connectivity index (χ3n) is 5.14. The SMILES string of the molecule is COC1CCCCC1(NC1CC1)c1nc2c(s1)CCC2. The number of nitrogens with one attached hydrogen (secondary N) is 1. The van der Waals surface area contributed by atoms with Crippen LogP contribution in [-0.2, 0) is 23.1 Å². The van der Waals surface area contributed by atoms with Crippen LogP contribution in [0.4, 0.5) is 0 Å². The summed E-state index contributed by atoms with van der Waals surface area (Å²) in [6.07, 6.45) is 11.6. The quantitative estimate of drug-likeness (QED) is 0.925. The largest absolute Gasteiger partial charge is 0.379 e. The second-order valence-electron chi connectivity index (χ2n) is 6.60. The monoisotopic (exact) mass is 292 g/mol. The Bertz CT molecular complexity index is 475. The third-order valence-corrected chi connectivity index (χ3v) is 6.47. The lowest BCUT2D eigenvalue weighted by atomic mass is 9.79. The predicted octanol–water partition coefficient (Wildman–Crippen LogP) is 3.17. The predicted molar refractivity (Wildman–Crippen MR) is 81.2 cm³/mol. The summed E-state index contributed by atoms with van der Waals surface area (Å²) in [5.41, 5.74) is 1.38. The summed E-state index contributed by atoms with van der Waals surface area (Å²) in [4.78, 5) is 6.58. The van der Waals surface area contributed by atoms with Crippen LogP contribution >= 0.6 is 11.3 Å². The molecule has 3 aliphatic carbocycles. The molecule has 0 saturated heterocycles. The molecule has 0 bridgehead atoms. The molecule has 110 valence electrons. The number of nitrogens with zero attached hydrogens (tertiary/aromatic N) is 1. The molecular weight excluding hydrogens is 268 g/mol. The normalized spacial score (nSPS) is 33.4. The molecule has 0 aliphatic heterocycles. The van der Waals surface area contributed by atoms with Crippen LogP contribution in [0.5, 0.6) is 0 Å². The first-order chi connectivity index (χ1) is 9.82. The van der Waals surface area contributed by atoms with Crippen LogP contribution in [0.15, 0.2) is 0 Å². The highest BCUT2D eigenvalue weighted by Crippen LogP contribution is 2.44. The first kappa shape index (κ1) is 13.2. The van der Waals surface area contributed by atoms with Crippen molar-refractivity contribution in [3.05, 3.63) is 15.6 Å². The zero-order valence-electron chi connectivity index (χ0n) is 12.3. The Morgan fingerprint density at radius 2 is 2.10 bits per heavy atom. The molecule has 4 heteroatoms. The van der Waals surface area contributed by atoms with Crippen LogP contribution in [0.2, 0.25) is 0 Å². The number of aromatic nitrogens is 1. The van der Waals surface area contributed by atoms with Gasteiger partial charge in [0.1, 0.15) is 5.01 Å². The summed E-state index contributed by atoms with van der Waals surface area (Å²) in [6, 6.07) is 0.699. The molecule has 4 rings (SSSR count). The van der Waals surface area contributed by atoms with E-state index in [1.54, 1.807) is 0 Å². The van der Waals surface area contributed by atoms with Crippen molar-refractivity contribution in [1.29, 1.82) is 0 Å². The highest BCUT2D eigenvalue weighted by Gasteiger charge is 2.48. The molecule has 0 spiro atoms. The van der Waals surface area contributed by atoms with Gasteiger partial charge in [-0.2, -0.15) is 0 Å². The Balaban J connectivity index is 1.71. The summed E-state index contributed by atoms with van der Waals surface area (Å²) < 4.78 is 5.90. The molecule has 2 fully saturated rings. The molecular formula is C16H24N2OS. The summed E-state index contributed by atoms with van der Waals surface area (Å²) in [5, 5.41) is 5.26. The summed E-state index contributed by atoms with van der Waals surface area (Å²) in [5.74, 6) is 0. The van der Waals surface area contributed by atoms with Gasteiger partial charge in [-0.05, 0) is 44.9 Å². The standard InChI is InChI=1S/C16H24N2OS/c1-19-14-7-2-3-10-16(14,18-11-8-9-11)15-17-12-5-4-6-13(12)20-15/h11,14,18H,2-10H2,1H3. The Hall–Kier alpha value is -0.450. The van der Waals surface area contributed by atoms with Crippen LogP contribution in [0, 0.1) is 0 Å². The van der Waals surface area contributed by atoms with Gasteiger partial charge < -0.3 is 10.1 Å². The summed E-state index contributed by atoms with van der Waals surface area (Å²) in [7, 11) is 1.88. The number of hydrogen-bond donors (Lipinski definition) is 1. The van der Waals surface area contributed by atoms with Gasteiger partial charge >= 0.3 is 0 Å². The van der Waals surface area contributed by atoms with Gasteiger partial charge in [0.05, 0.1) is 17.3 Å². The van der Waals surface area contributed by atoms with E-state index in [4.69, 9.17) is 9.72 Å². The van der Waals surface area contributed by atoms with Gasteiger partial charge in [0.2, 0.25) is 0 Å². The smallest absolute Gasteiger partial charge is 0.116 e. The number of hydrogen-bond acceptors (Lipinski definition) is 4. The molecule has 3 nitrogen and oxygen atoms in total. The van der Waals surface area contributed by atoms with Gasteiger partial charge in [0, 0.05) is 18.0 Å². The lowest BCUT2D eigenvalue weighted by Gasteiger charge is -2.43. The summed E-state index contributed by atoms with van der Waals surface area (Å²) >= 11 is 1.96. The lowest BCUT2D eigenvalue weighted by Crippen LogP contribution is -2.55. The second-order valence-corrected chi connectivity index (χ2v) is 7.69. The Morgan fingerprint density at radius 3 is 2.85 bits per heavy atom. The van der Waals surface area contributed by atoms with Gasteiger partial charge in [-0.25, -0.2) is 4.98 Å². The number of methoxy groups -OCH3 is 1. The Kier molecular flexibility index (Phi) is 3.36. The first-order valence-corrected chi connectivity index (χ1v) is 8.93. The van der Waals surface area contributed by atoms with Crippen molar-refractivity contribution in [3.63, 3.8) is 0 Å². The fourth-order valence-electron chi connectivity index (χ4n) is 3.90.